The van der Waals surface area contributed by atoms with Gasteiger partial charge in [-0.1, -0.05) is 18.2 Å². The Hall–Kier alpha value is -2.90. The van der Waals surface area contributed by atoms with E-state index in [9.17, 15) is 9.59 Å². The maximum atomic E-state index is 12.1. The minimum atomic E-state index is -0.838. The molecular weight excluding hydrogens is 322 g/mol. The second-order valence-corrected chi connectivity index (χ2v) is 6.64. The van der Waals surface area contributed by atoms with Gasteiger partial charge in [0.1, 0.15) is 5.54 Å². The van der Waals surface area contributed by atoms with E-state index >= 15 is 0 Å². The summed E-state index contributed by atoms with van der Waals surface area (Å²) < 4.78 is 5.36. The Labute approximate surface area is 144 Å². The summed E-state index contributed by atoms with van der Waals surface area (Å²) >= 11 is 0. The van der Waals surface area contributed by atoms with Crippen molar-refractivity contribution in [3.63, 3.8) is 0 Å². The minimum Gasteiger partial charge on any atom is -0.338 e. The number of piperidine rings is 1. The maximum Gasteiger partial charge on any atom is 0.322 e. The number of nitrogens with zero attached hydrogens (tertiary/aromatic N) is 3. The van der Waals surface area contributed by atoms with Crippen LogP contribution < -0.4 is 15.5 Å². The molecule has 0 spiro atoms. The first kappa shape index (κ1) is 15.6. The van der Waals surface area contributed by atoms with Crippen LogP contribution in [-0.4, -0.2) is 40.7 Å². The summed E-state index contributed by atoms with van der Waals surface area (Å²) in [5, 5.41) is 9.16. The molecule has 3 amide bonds. The van der Waals surface area contributed by atoms with Gasteiger partial charge in [-0.3, -0.25) is 10.1 Å². The monoisotopic (exact) mass is 341 g/mol. The Morgan fingerprint density at radius 3 is 2.56 bits per heavy atom. The zero-order valence-electron chi connectivity index (χ0n) is 13.9. The van der Waals surface area contributed by atoms with Crippen molar-refractivity contribution in [3.05, 3.63) is 30.3 Å². The Morgan fingerprint density at radius 2 is 1.92 bits per heavy atom. The van der Waals surface area contributed by atoms with Gasteiger partial charge in [0.25, 0.3) is 17.7 Å². The predicted octanol–water partition coefficient (Wildman–Crippen LogP) is 1.55. The highest BCUT2D eigenvalue weighted by atomic mass is 16.5. The lowest BCUT2D eigenvalue weighted by Gasteiger charge is -2.38. The van der Waals surface area contributed by atoms with Crippen molar-refractivity contribution < 1.29 is 14.1 Å². The number of aromatic nitrogens is 2. The molecule has 8 nitrogen and oxygen atoms in total. The summed E-state index contributed by atoms with van der Waals surface area (Å²) in [6.07, 6.45) is 1.53. The van der Waals surface area contributed by atoms with E-state index in [0.717, 1.165) is 18.4 Å². The Kier molecular flexibility index (Phi) is 3.67. The number of hydrogen-bond acceptors (Lipinski definition) is 6. The number of carbonyl (C=O) groups excluding carboxylic acids is 2. The fraction of sp³-hybridized carbons (Fsp3) is 0.412. The van der Waals surface area contributed by atoms with Crippen LogP contribution in [0.3, 0.4) is 0 Å². The van der Waals surface area contributed by atoms with Gasteiger partial charge >= 0.3 is 6.03 Å². The van der Waals surface area contributed by atoms with Crippen molar-refractivity contribution >= 4 is 17.9 Å². The molecule has 2 N–H and O–H groups in total. The third kappa shape index (κ3) is 2.73. The van der Waals surface area contributed by atoms with E-state index in [-0.39, 0.29) is 11.8 Å². The van der Waals surface area contributed by atoms with E-state index in [1.807, 2.05) is 35.2 Å². The molecule has 1 unspecified atom stereocenters. The molecule has 130 valence electrons. The summed E-state index contributed by atoms with van der Waals surface area (Å²) in [7, 11) is 0. The van der Waals surface area contributed by atoms with Gasteiger partial charge in [0.05, 0.1) is 0 Å². The van der Waals surface area contributed by atoms with Crippen LogP contribution in [0.4, 0.5) is 10.7 Å². The molecule has 1 aromatic carbocycles. The first-order chi connectivity index (χ1) is 12.1. The lowest BCUT2D eigenvalue weighted by molar-refractivity contribution is -0.125. The smallest absolute Gasteiger partial charge is 0.322 e. The molecule has 4 rings (SSSR count). The summed E-state index contributed by atoms with van der Waals surface area (Å²) in [5.74, 6) is 0.882. The number of hydrogen-bond donors (Lipinski definition) is 2. The Balaban J connectivity index is 1.44. The van der Waals surface area contributed by atoms with E-state index in [0.29, 0.717) is 24.9 Å². The van der Waals surface area contributed by atoms with E-state index in [2.05, 4.69) is 20.8 Å². The second kappa shape index (κ2) is 5.87. The first-order valence-corrected chi connectivity index (χ1v) is 8.34. The molecule has 3 heterocycles. The molecule has 2 aromatic rings. The molecule has 1 atom stereocenters. The molecule has 2 saturated heterocycles. The van der Waals surface area contributed by atoms with E-state index in [1.54, 1.807) is 6.92 Å². The molecule has 2 aliphatic heterocycles. The largest absolute Gasteiger partial charge is 0.338 e. The van der Waals surface area contributed by atoms with Gasteiger partial charge in [0.2, 0.25) is 0 Å². The number of imide groups is 1. The van der Waals surface area contributed by atoms with Crippen molar-refractivity contribution in [2.24, 2.45) is 5.92 Å². The second-order valence-electron chi connectivity index (χ2n) is 6.64. The SMILES string of the molecule is CC1(C2CCN(c3noc(-c4ccccc4)n3)CC2)NC(=O)NC1=O. The van der Waals surface area contributed by atoms with Crippen molar-refractivity contribution in [1.82, 2.24) is 20.8 Å². The van der Waals surface area contributed by atoms with Crippen LogP contribution in [0, 0.1) is 5.92 Å². The average molecular weight is 341 g/mol. The van der Waals surface area contributed by atoms with Crippen LogP contribution in [0.1, 0.15) is 19.8 Å². The molecule has 25 heavy (non-hydrogen) atoms. The van der Waals surface area contributed by atoms with Crippen LogP contribution in [0.15, 0.2) is 34.9 Å². The molecule has 0 bridgehead atoms. The van der Waals surface area contributed by atoms with Crippen LogP contribution in [0.25, 0.3) is 11.5 Å². The van der Waals surface area contributed by atoms with Crippen molar-refractivity contribution in [2.75, 3.05) is 18.0 Å². The lowest BCUT2D eigenvalue weighted by Crippen LogP contribution is -2.54. The summed E-state index contributed by atoms with van der Waals surface area (Å²) in [6.45, 7) is 3.20. The zero-order chi connectivity index (χ0) is 17.4. The maximum absolute atomic E-state index is 12.1. The van der Waals surface area contributed by atoms with Gasteiger partial charge in [-0.2, -0.15) is 4.98 Å². The summed E-state index contributed by atoms with van der Waals surface area (Å²) in [6, 6.07) is 9.21. The molecule has 2 fully saturated rings. The van der Waals surface area contributed by atoms with Gasteiger partial charge in [-0.25, -0.2) is 4.79 Å². The van der Waals surface area contributed by atoms with Crippen LogP contribution in [0.5, 0.6) is 0 Å². The highest BCUT2D eigenvalue weighted by Gasteiger charge is 2.48. The minimum absolute atomic E-state index is 0.0793. The Bertz CT molecular complexity index is 798. The third-order valence-corrected chi connectivity index (χ3v) is 5.10. The van der Waals surface area contributed by atoms with Crippen LogP contribution in [0.2, 0.25) is 0 Å². The van der Waals surface area contributed by atoms with Gasteiger partial charge in [-0.15, -0.1) is 0 Å². The van der Waals surface area contributed by atoms with Crippen LogP contribution in [-0.2, 0) is 4.79 Å². The standard InChI is InChI=1S/C17H19N5O3/c1-17(14(23)19-16(24)20-17)12-7-9-22(10-8-12)15-18-13(25-21-15)11-5-3-2-4-6-11/h2-6,12H,7-10H2,1H3,(H2,19,20,23,24). The van der Waals surface area contributed by atoms with Crippen molar-refractivity contribution in [3.8, 4) is 11.5 Å². The number of nitrogens with one attached hydrogen (secondary N) is 2. The zero-order valence-corrected chi connectivity index (χ0v) is 13.9. The van der Waals surface area contributed by atoms with E-state index in [4.69, 9.17) is 4.52 Å². The highest BCUT2D eigenvalue weighted by molar-refractivity contribution is 6.06. The fourth-order valence-corrected chi connectivity index (χ4v) is 3.54. The van der Waals surface area contributed by atoms with Crippen LogP contribution >= 0.6 is 0 Å². The van der Waals surface area contributed by atoms with Crippen molar-refractivity contribution in [1.29, 1.82) is 0 Å². The van der Waals surface area contributed by atoms with E-state index < -0.39 is 11.6 Å². The lowest BCUT2D eigenvalue weighted by atomic mass is 9.79. The Morgan fingerprint density at radius 1 is 1.20 bits per heavy atom. The first-order valence-electron chi connectivity index (χ1n) is 8.34. The van der Waals surface area contributed by atoms with Gasteiger partial charge in [-0.05, 0) is 43.0 Å². The molecule has 0 saturated carbocycles. The highest BCUT2D eigenvalue weighted by Crippen LogP contribution is 2.32. The quantitative estimate of drug-likeness (QED) is 0.822. The summed E-state index contributed by atoms with van der Waals surface area (Å²) in [5.41, 5.74) is 0.0456. The predicted molar refractivity (Wildman–Crippen MR) is 89.8 cm³/mol. The fourth-order valence-electron chi connectivity index (χ4n) is 3.54. The normalized spacial score (nSPS) is 24.3. The number of benzene rings is 1. The molecular formula is C17H19N5O3. The molecule has 0 aliphatic carbocycles. The number of urea groups is 1. The number of carbonyl (C=O) groups is 2. The number of rotatable bonds is 3. The number of amides is 3. The molecule has 8 heteroatoms. The molecule has 2 aliphatic rings. The number of anilines is 1. The van der Waals surface area contributed by atoms with Gasteiger partial charge in [0.15, 0.2) is 0 Å². The van der Waals surface area contributed by atoms with E-state index in [1.165, 1.54) is 0 Å². The molecule has 1 aromatic heterocycles. The van der Waals surface area contributed by atoms with Crippen molar-refractivity contribution in [2.45, 2.75) is 25.3 Å². The van der Waals surface area contributed by atoms with Gasteiger partial charge in [0, 0.05) is 18.7 Å². The van der Waals surface area contributed by atoms with Gasteiger partial charge < -0.3 is 14.7 Å². The molecule has 0 radical (unpaired) electrons. The third-order valence-electron chi connectivity index (χ3n) is 5.10. The average Bonchev–Trinajstić information content (AvgIpc) is 3.21. The topological polar surface area (TPSA) is 100 Å². The summed E-state index contributed by atoms with van der Waals surface area (Å²) in [4.78, 5) is 30.0.